The van der Waals surface area contributed by atoms with Gasteiger partial charge in [-0.05, 0) is 57.4 Å². The molecule has 0 aliphatic rings. The van der Waals surface area contributed by atoms with Crippen LogP contribution >= 0.6 is 0 Å². The molecule has 0 aromatic heterocycles. The van der Waals surface area contributed by atoms with Gasteiger partial charge >= 0.3 is 5.97 Å². The highest BCUT2D eigenvalue weighted by Gasteiger charge is 2.11. The molecular weight excluding hydrogens is 292 g/mol. The first-order valence-electron chi connectivity index (χ1n) is 7.65. The van der Waals surface area contributed by atoms with Crippen LogP contribution in [0.2, 0.25) is 0 Å². The molecule has 1 aromatic carbocycles. The summed E-state index contributed by atoms with van der Waals surface area (Å²) in [6.07, 6.45) is 6.23. The van der Waals surface area contributed by atoms with Gasteiger partial charge in [-0.2, -0.15) is 0 Å². The monoisotopic (exact) mass is 316 g/mol. The van der Waals surface area contributed by atoms with E-state index < -0.39 is 11.8 Å². The van der Waals surface area contributed by atoms with E-state index in [4.69, 9.17) is 9.84 Å². The Bertz CT molecular complexity index is 590. The van der Waals surface area contributed by atoms with E-state index in [0.29, 0.717) is 17.9 Å². The highest BCUT2D eigenvalue weighted by atomic mass is 16.5. The standard InChI is InChI=1S/C19H24O4/c1-14(2)5-4-6-15(3)11-12-23-17-9-7-16(8-10-17)13-18(20)19(21)22/h5,7-11H,4,6,12-13H2,1-3H3,(H,21,22)/b15-11+. The minimum absolute atomic E-state index is 0.0982. The molecule has 0 bridgehead atoms. The van der Waals surface area contributed by atoms with Crippen molar-refractivity contribution in [1.82, 2.24) is 0 Å². The van der Waals surface area contributed by atoms with E-state index in [1.807, 2.05) is 0 Å². The van der Waals surface area contributed by atoms with Gasteiger partial charge in [-0.1, -0.05) is 29.4 Å². The summed E-state index contributed by atoms with van der Waals surface area (Å²) >= 11 is 0. The van der Waals surface area contributed by atoms with Gasteiger partial charge in [-0.25, -0.2) is 4.79 Å². The zero-order valence-electron chi connectivity index (χ0n) is 14.0. The van der Waals surface area contributed by atoms with Gasteiger partial charge in [-0.3, -0.25) is 4.79 Å². The molecule has 4 heteroatoms. The Hall–Kier alpha value is -2.36. The summed E-state index contributed by atoms with van der Waals surface area (Å²) in [5, 5.41) is 8.57. The van der Waals surface area contributed by atoms with Gasteiger partial charge in [0.25, 0.3) is 0 Å². The number of benzene rings is 1. The third-order valence-corrected chi connectivity index (χ3v) is 3.30. The van der Waals surface area contributed by atoms with E-state index in [9.17, 15) is 9.59 Å². The van der Waals surface area contributed by atoms with Gasteiger partial charge in [0.05, 0.1) is 0 Å². The van der Waals surface area contributed by atoms with Crippen LogP contribution in [0, 0.1) is 0 Å². The molecule has 0 aliphatic heterocycles. The van der Waals surface area contributed by atoms with Crippen molar-refractivity contribution in [3.8, 4) is 5.75 Å². The predicted molar refractivity (Wildman–Crippen MR) is 90.7 cm³/mol. The van der Waals surface area contributed by atoms with Crippen molar-refractivity contribution < 1.29 is 19.4 Å². The number of hydrogen-bond acceptors (Lipinski definition) is 3. The average molecular weight is 316 g/mol. The SMILES string of the molecule is CC(C)=CCC/C(C)=C/COc1ccc(CC(=O)C(=O)O)cc1. The number of ketones is 1. The average Bonchev–Trinajstić information content (AvgIpc) is 2.48. The van der Waals surface area contributed by atoms with Gasteiger partial charge in [0.2, 0.25) is 5.78 Å². The summed E-state index contributed by atoms with van der Waals surface area (Å²) in [5.74, 6) is -1.52. The molecule has 0 spiro atoms. The van der Waals surface area contributed by atoms with E-state index in [1.165, 1.54) is 11.1 Å². The molecule has 0 heterocycles. The van der Waals surface area contributed by atoms with E-state index >= 15 is 0 Å². The van der Waals surface area contributed by atoms with Gasteiger partial charge in [0.1, 0.15) is 12.4 Å². The van der Waals surface area contributed by atoms with Crippen LogP contribution in [0.25, 0.3) is 0 Å². The largest absolute Gasteiger partial charge is 0.490 e. The lowest BCUT2D eigenvalue weighted by atomic mass is 10.1. The van der Waals surface area contributed by atoms with Gasteiger partial charge in [0.15, 0.2) is 0 Å². The lowest BCUT2D eigenvalue weighted by Crippen LogP contribution is -2.14. The molecule has 124 valence electrons. The van der Waals surface area contributed by atoms with E-state index in [1.54, 1.807) is 24.3 Å². The Morgan fingerprint density at radius 2 is 1.74 bits per heavy atom. The van der Waals surface area contributed by atoms with E-state index in [2.05, 4.69) is 32.9 Å². The number of carbonyl (C=O) groups is 2. The minimum Gasteiger partial charge on any atom is -0.490 e. The fourth-order valence-electron chi connectivity index (χ4n) is 1.94. The number of rotatable bonds is 9. The number of hydrogen-bond donors (Lipinski definition) is 1. The Morgan fingerprint density at radius 3 is 2.30 bits per heavy atom. The van der Waals surface area contributed by atoms with Crippen LogP contribution in [0.4, 0.5) is 0 Å². The third kappa shape index (κ3) is 8.00. The Kier molecular flexibility index (Phi) is 7.81. The fourth-order valence-corrected chi connectivity index (χ4v) is 1.94. The molecule has 0 amide bonds. The van der Waals surface area contributed by atoms with E-state index in [-0.39, 0.29) is 6.42 Å². The van der Waals surface area contributed by atoms with Crippen molar-refractivity contribution in [3.63, 3.8) is 0 Å². The molecule has 1 aromatic rings. The van der Waals surface area contributed by atoms with E-state index in [0.717, 1.165) is 12.8 Å². The maximum Gasteiger partial charge on any atom is 0.372 e. The number of aliphatic carboxylic acids is 1. The van der Waals surface area contributed by atoms with Crippen LogP contribution in [0.15, 0.2) is 47.6 Å². The van der Waals surface area contributed by atoms with Crippen LogP contribution in [0.3, 0.4) is 0 Å². The summed E-state index contributed by atoms with van der Waals surface area (Å²) in [4.78, 5) is 21.6. The van der Waals surface area contributed by atoms with Gasteiger partial charge in [-0.15, -0.1) is 0 Å². The number of carboxylic acids is 1. The third-order valence-electron chi connectivity index (χ3n) is 3.30. The molecular formula is C19H24O4. The predicted octanol–water partition coefficient (Wildman–Crippen LogP) is 3.95. The molecule has 1 rings (SSSR count). The second-order valence-corrected chi connectivity index (χ2v) is 5.73. The quantitative estimate of drug-likeness (QED) is 0.553. The summed E-state index contributed by atoms with van der Waals surface area (Å²) in [5.41, 5.74) is 3.28. The van der Waals surface area contributed by atoms with Crippen LogP contribution in [-0.2, 0) is 16.0 Å². The zero-order valence-corrected chi connectivity index (χ0v) is 14.0. The second-order valence-electron chi connectivity index (χ2n) is 5.73. The Labute approximate surface area is 137 Å². The molecule has 0 saturated carbocycles. The number of allylic oxidation sites excluding steroid dienone is 3. The lowest BCUT2D eigenvalue weighted by Gasteiger charge is -2.05. The maximum absolute atomic E-state index is 11.1. The van der Waals surface area contributed by atoms with Crippen molar-refractivity contribution in [2.75, 3.05) is 6.61 Å². The van der Waals surface area contributed by atoms with Crippen LogP contribution in [-0.4, -0.2) is 23.5 Å². The zero-order chi connectivity index (χ0) is 17.2. The molecule has 0 saturated heterocycles. The normalized spacial score (nSPS) is 11.0. The molecule has 0 fully saturated rings. The topological polar surface area (TPSA) is 63.6 Å². The lowest BCUT2D eigenvalue weighted by molar-refractivity contribution is -0.148. The first-order chi connectivity index (χ1) is 10.9. The van der Waals surface area contributed by atoms with Crippen molar-refractivity contribution in [2.24, 2.45) is 0 Å². The van der Waals surface area contributed by atoms with Crippen molar-refractivity contribution >= 4 is 11.8 Å². The summed E-state index contributed by atoms with van der Waals surface area (Å²) in [7, 11) is 0. The Morgan fingerprint density at radius 1 is 1.09 bits per heavy atom. The number of carboxylic acid groups (broad SMARTS) is 1. The van der Waals surface area contributed by atoms with Crippen LogP contribution < -0.4 is 4.74 Å². The first-order valence-corrected chi connectivity index (χ1v) is 7.65. The molecule has 23 heavy (non-hydrogen) atoms. The van der Waals surface area contributed by atoms with Gasteiger partial charge in [0, 0.05) is 6.42 Å². The number of carbonyl (C=O) groups excluding carboxylic acids is 1. The molecule has 0 aliphatic carbocycles. The summed E-state index contributed by atoms with van der Waals surface area (Å²) in [6.45, 7) is 6.77. The molecule has 0 radical (unpaired) electrons. The summed E-state index contributed by atoms with van der Waals surface area (Å²) < 4.78 is 5.62. The van der Waals surface area contributed by atoms with Crippen LogP contribution in [0.1, 0.15) is 39.2 Å². The van der Waals surface area contributed by atoms with Gasteiger partial charge < -0.3 is 9.84 Å². The highest BCUT2D eigenvalue weighted by Crippen LogP contribution is 2.13. The number of Topliss-reactive ketones (excluding diaryl/α,β-unsaturated/α-hetero) is 1. The minimum atomic E-state index is -1.40. The fraction of sp³-hybridized carbons (Fsp3) is 0.368. The van der Waals surface area contributed by atoms with Crippen LogP contribution in [0.5, 0.6) is 5.75 Å². The molecule has 0 unspecified atom stereocenters. The molecule has 0 atom stereocenters. The summed E-state index contributed by atoms with van der Waals surface area (Å²) in [6, 6.07) is 6.91. The van der Waals surface area contributed by atoms with Crippen molar-refractivity contribution in [3.05, 3.63) is 53.1 Å². The molecule has 4 nitrogen and oxygen atoms in total. The maximum atomic E-state index is 11.1. The smallest absolute Gasteiger partial charge is 0.372 e. The van der Waals surface area contributed by atoms with Crippen molar-refractivity contribution in [1.29, 1.82) is 0 Å². The highest BCUT2D eigenvalue weighted by molar-refractivity contribution is 6.33. The second kappa shape index (κ2) is 9.62. The number of ether oxygens (including phenoxy) is 1. The molecule has 1 N–H and O–H groups in total. The Balaban J connectivity index is 2.42. The first kappa shape index (κ1) is 18.7. The van der Waals surface area contributed by atoms with Crippen molar-refractivity contribution in [2.45, 2.75) is 40.0 Å².